The number of amides is 2. The van der Waals surface area contributed by atoms with Crippen molar-refractivity contribution in [1.82, 2.24) is 9.88 Å². The number of fused-ring (bicyclic) bond motifs is 3. The van der Waals surface area contributed by atoms with Crippen LogP contribution in [-0.2, 0) is 11.3 Å². The predicted octanol–water partition coefficient (Wildman–Crippen LogP) is 4.84. The van der Waals surface area contributed by atoms with Crippen molar-refractivity contribution in [3.05, 3.63) is 77.3 Å². The molecule has 0 aliphatic heterocycles. The second kappa shape index (κ2) is 7.97. The number of nitrogens with zero attached hydrogens (tertiary/aromatic N) is 1. The lowest BCUT2D eigenvalue weighted by Gasteiger charge is -2.09. The molecular formula is C23H20ClN3O2. The lowest BCUT2D eigenvalue weighted by atomic mass is 10.1. The lowest BCUT2D eigenvalue weighted by molar-refractivity contribution is -0.115. The number of para-hydroxylation sites is 1. The fourth-order valence-electron chi connectivity index (χ4n) is 3.58. The van der Waals surface area contributed by atoms with Crippen LogP contribution in [-0.4, -0.2) is 22.9 Å². The number of hydrogen-bond donors (Lipinski definition) is 2. The van der Waals surface area contributed by atoms with Gasteiger partial charge in [-0.3, -0.25) is 9.59 Å². The molecule has 0 unspecified atom stereocenters. The molecule has 1 aromatic heterocycles. The van der Waals surface area contributed by atoms with Gasteiger partial charge in [0.15, 0.2) is 0 Å². The molecule has 0 aliphatic carbocycles. The maximum absolute atomic E-state index is 12.3. The van der Waals surface area contributed by atoms with Gasteiger partial charge in [0.1, 0.15) is 0 Å². The minimum Gasteiger partial charge on any atom is -0.343 e. The largest absolute Gasteiger partial charge is 0.343 e. The van der Waals surface area contributed by atoms with Crippen LogP contribution >= 0.6 is 11.6 Å². The SMILES string of the molecule is CCn1c2ccccc2c2cc(NC(=O)CNC(=O)c3ccccc3Cl)ccc21. The standard InChI is InChI=1S/C23H20ClN3O2/c1-2-27-20-10-6-4-7-16(20)18-13-15(11-12-21(18)27)26-22(28)14-25-23(29)17-8-3-5-9-19(17)24/h3-13H,2,14H2,1H3,(H,25,29)(H,26,28). The summed E-state index contributed by atoms with van der Waals surface area (Å²) in [6, 6.07) is 20.8. The minimum atomic E-state index is -0.382. The quantitative estimate of drug-likeness (QED) is 0.499. The van der Waals surface area contributed by atoms with Crippen molar-refractivity contribution in [3.63, 3.8) is 0 Å². The first-order valence-corrected chi connectivity index (χ1v) is 9.80. The summed E-state index contributed by atoms with van der Waals surface area (Å²) in [4.78, 5) is 24.5. The summed E-state index contributed by atoms with van der Waals surface area (Å²) in [5.41, 5.74) is 3.32. The molecule has 2 N–H and O–H groups in total. The van der Waals surface area contributed by atoms with E-state index in [9.17, 15) is 9.59 Å². The molecule has 4 aromatic rings. The number of anilines is 1. The number of rotatable bonds is 5. The van der Waals surface area contributed by atoms with Gasteiger partial charge in [-0.1, -0.05) is 41.9 Å². The molecule has 6 heteroatoms. The predicted molar refractivity (Wildman–Crippen MR) is 118 cm³/mol. The van der Waals surface area contributed by atoms with E-state index in [1.807, 2.05) is 30.3 Å². The Balaban J connectivity index is 1.51. The summed E-state index contributed by atoms with van der Waals surface area (Å²) >= 11 is 6.02. The molecule has 3 aromatic carbocycles. The number of carbonyl (C=O) groups excluding carboxylic acids is 2. The number of benzene rings is 3. The van der Waals surface area contributed by atoms with Crippen LogP contribution < -0.4 is 10.6 Å². The highest BCUT2D eigenvalue weighted by molar-refractivity contribution is 6.33. The lowest BCUT2D eigenvalue weighted by Crippen LogP contribution is -2.33. The highest BCUT2D eigenvalue weighted by Gasteiger charge is 2.13. The van der Waals surface area contributed by atoms with E-state index in [0.717, 1.165) is 22.8 Å². The van der Waals surface area contributed by atoms with Crippen LogP contribution in [0, 0.1) is 0 Å². The van der Waals surface area contributed by atoms with E-state index in [1.165, 1.54) is 5.52 Å². The molecule has 146 valence electrons. The molecule has 29 heavy (non-hydrogen) atoms. The zero-order chi connectivity index (χ0) is 20.4. The van der Waals surface area contributed by atoms with Crippen molar-refractivity contribution in [3.8, 4) is 0 Å². The van der Waals surface area contributed by atoms with Crippen molar-refractivity contribution >= 4 is 50.9 Å². The highest BCUT2D eigenvalue weighted by atomic mass is 35.5. The average molecular weight is 406 g/mol. The van der Waals surface area contributed by atoms with Crippen molar-refractivity contribution < 1.29 is 9.59 Å². The Morgan fingerprint density at radius 2 is 1.66 bits per heavy atom. The number of aromatic nitrogens is 1. The van der Waals surface area contributed by atoms with Crippen LogP contribution in [0.1, 0.15) is 17.3 Å². The Labute approximate surface area is 173 Å². The molecule has 5 nitrogen and oxygen atoms in total. The maximum Gasteiger partial charge on any atom is 0.253 e. The molecule has 1 heterocycles. The third-order valence-corrected chi connectivity index (χ3v) is 5.23. The minimum absolute atomic E-state index is 0.140. The van der Waals surface area contributed by atoms with Crippen molar-refractivity contribution in [1.29, 1.82) is 0 Å². The fourth-order valence-corrected chi connectivity index (χ4v) is 3.80. The fraction of sp³-hybridized carbons (Fsp3) is 0.130. The van der Waals surface area contributed by atoms with Gasteiger partial charge < -0.3 is 15.2 Å². The summed E-state index contributed by atoms with van der Waals surface area (Å²) < 4.78 is 2.25. The summed E-state index contributed by atoms with van der Waals surface area (Å²) in [5, 5.41) is 8.03. The van der Waals surface area contributed by atoms with Crippen LogP contribution in [0.4, 0.5) is 5.69 Å². The highest BCUT2D eigenvalue weighted by Crippen LogP contribution is 2.30. The number of aryl methyl sites for hydroxylation is 1. The Morgan fingerprint density at radius 3 is 2.45 bits per heavy atom. The number of carbonyl (C=O) groups is 2. The Morgan fingerprint density at radius 1 is 0.931 bits per heavy atom. The van der Waals surface area contributed by atoms with Gasteiger partial charge in [0.25, 0.3) is 5.91 Å². The number of halogens is 1. The molecule has 4 rings (SSSR count). The Bertz CT molecular complexity index is 1230. The maximum atomic E-state index is 12.3. The first kappa shape index (κ1) is 19.0. The van der Waals surface area contributed by atoms with Gasteiger partial charge in [-0.25, -0.2) is 0 Å². The van der Waals surface area contributed by atoms with E-state index < -0.39 is 0 Å². The van der Waals surface area contributed by atoms with E-state index in [4.69, 9.17) is 11.6 Å². The van der Waals surface area contributed by atoms with Crippen LogP contribution in [0.5, 0.6) is 0 Å². The van der Waals surface area contributed by atoms with Crippen molar-refractivity contribution in [2.75, 3.05) is 11.9 Å². The van der Waals surface area contributed by atoms with Crippen LogP contribution in [0.3, 0.4) is 0 Å². The summed E-state index contributed by atoms with van der Waals surface area (Å²) in [6.45, 7) is 2.84. The van der Waals surface area contributed by atoms with Crippen molar-refractivity contribution in [2.24, 2.45) is 0 Å². The van der Waals surface area contributed by atoms with Gasteiger partial charge in [-0.15, -0.1) is 0 Å². The molecule has 0 spiro atoms. The van der Waals surface area contributed by atoms with Gasteiger partial charge in [0.2, 0.25) is 5.91 Å². The molecule has 0 saturated heterocycles. The van der Waals surface area contributed by atoms with E-state index in [2.05, 4.69) is 34.3 Å². The van der Waals surface area contributed by atoms with E-state index in [1.54, 1.807) is 24.3 Å². The molecule has 0 saturated carbocycles. The second-order valence-corrected chi connectivity index (χ2v) is 7.11. The molecule has 0 fully saturated rings. The average Bonchev–Trinajstić information content (AvgIpc) is 3.05. The Kier molecular flexibility index (Phi) is 5.23. The monoisotopic (exact) mass is 405 g/mol. The Hall–Kier alpha value is -3.31. The van der Waals surface area contributed by atoms with E-state index in [0.29, 0.717) is 16.3 Å². The van der Waals surface area contributed by atoms with Gasteiger partial charge in [0, 0.05) is 34.0 Å². The van der Waals surface area contributed by atoms with Gasteiger partial charge in [0.05, 0.1) is 17.1 Å². The zero-order valence-electron chi connectivity index (χ0n) is 15.9. The van der Waals surface area contributed by atoms with Gasteiger partial charge in [-0.2, -0.15) is 0 Å². The number of hydrogen-bond acceptors (Lipinski definition) is 2. The van der Waals surface area contributed by atoms with Gasteiger partial charge in [-0.05, 0) is 43.3 Å². The number of nitrogens with one attached hydrogen (secondary N) is 2. The second-order valence-electron chi connectivity index (χ2n) is 6.70. The molecule has 2 amide bonds. The van der Waals surface area contributed by atoms with Crippen molar-refractivity contribution in [2.45, 2.75) is 13.5 Å². The van der Waals surface area contributed by atoms with Crippen LogP contribution in [0.25, 0.3) is 21.8 Å². The smallest absolute Gasteiger partial charge is 0.253 e. The molecule has 0 radical (unpaired) electrons. The van der Waals surface area contributed by atoms with Crippen LogP contribution in [0.15, 0.2) is 66.7 Å². The first-order chi connectivity index (χ1) is 14.1. The third-order valence-electron chi connectivity index (χ3n) is 4.90. The molecular weight excluding hydrogens is 386 g/mol. The third kappa shape index (κ3) is 3.69. The zero-order valence-corrected chi connectivity index (χ0v) is 16.7. The summed E-state index contributed by atoms with van der Waals surface area (Å²) in [7, 11) is 0. The molecule has 0 bridgehead atoms. The van der Waals surface area contributed by atoms with E-state index >= 15 is 0 Å². The van der Waals surface area contributed by atoms with Crippen LogP contribution in [0.2, 0.25) is 5.02 Å². The summed E-state index contributed by atoms with van der Waals surface area (Å²) in [6.07, 6.45) is 0. The molecule has 0 aliphatic rings. The summed E-state index contributed by atoms with van der Waals surface area (Å²) in [5.74, 6) is -0.684. The van der Waals surface area contributed by atoms with E-state index in [-0.39, 0.29) is 18.4 Å². The first-order valence-electron chi connectivity index (χ1n) is 9.42. The normalized spacial score (nSPS) is 11.0. The topological polar surface area (TPSA) is 63.1 Å². The van der Waals surface area contributed by atoms with Gasteiger partial charge >= 0.3 is 0 Å². The molecule has 0 atom stereocenters.